The Morgan fingerprint density at radius 1 is 1.18 bits per heavy atom. The first-order chi connectivity index (χ1) is 10.6. The molecule has 122 valence electrons. The number of hydrogen-bond donors (Lipinski definition) is 2. The van der Waals surface area contributed by atoms with E-state index < -0.39 is 0 Å². The summed E-state index contributed by atoms with van der Waals surface area (Å²) in [6.45, 7) is 5.91. The number of hydrogen-bond acceptors (Lipinski definition) is 2. The second kappa shape index (κ2) is 9.82. The van der Waals surface area contributed by atoms with Crippen LogP contribution in [0.25, 0.3) is 0 Å². The fourth-order valence-electron chi connectivity index (χ4n) is 2.07. The van der Waals surface area contributed by atoms with E-state index in [4.69, 9.17) is 0 Å². The van der Waals surface area contributed by atoms with Crippen LogP contribution in [0, 0.1) is 0 Å². The van der Waals surface area contributed by atoms with E-state index in [1.165, 1.54) is 5.56 Å². The normalized spacial score (nSPS) is 12.6. The quantitative estimate of drug-likeness (QED) is 0.597. The van der Waals surface area contributed by atoms with Crippen molar-refractivity contribution in [1.29, 1.82) is 0 Å². The molecule has 0 aliphatic rings. The smallest absolute Gasteiger partial charge is 0.243 e. The second-order valence-electron chi connectivity index (χ2n) is 5.38. The molecule has 1 unspecified atom stereocenters. The highest BCUT2D eigenvalue weighted by molar-refractivity contribution is 5.84. The first-order valence-corrected chi connectivity index (χ1v) is 7.85. The van der Waals surface area contributed by atoms with Crippen molar-refractivity contribution in [2.24, 2.45) is 4.99 Å². The van der Waals surface area contributed by atoms with E-state index in [1.54, 1.807) is 19.0 Å². The lowest BCUT2D eigenvalue weighted by Crippen LogP contribution is -2.40. The van der Waals surface area contributed by atoms with Crippen molar-refractivity contribution < 1.29 is 4.79 Å². The van der Waals surface area contributed by atoms with Crippen molar-refractivity contribution in [2.45, 2.75) is 26.2 Å². The monoisotopic (exact) mass is 304 g/mol. The molecule has 1 aromatic rings. The van der Waals surface area contributed by atoms with E-state index in [0.717, 1.165) is 19.5 Å². The standard InChI is InChI=1S/C17H28N4O/c1-5-14(15-10-8-7-9-11-15)12-19-17(18-6-2)20-13-16(22)21(3)4/h7-11,14H,5-6,12-13H2,1-4H3,(H2,18,19,20). The molecule has 0 saturated heterocycles. The minimum Gasteiger partial charge on any atom is -0.357 e. The van der Waals surface area contributed by atoms with Crippen molar-refractivity contribution in [2.75, 3.05) is 33.7 Å². The zero-order valence-electron chi connectivity index (χ0n) is 14.1. The van der Waals surface area contributed by atoms with E-state index in [-0.39, 0.29) is 12.5 Å². The van der Waals surface area contributed by atoms with Gasteiger partial charge in [0.05, 0.1) is 0 Å². The minimum absolute atomic E-state index is 0.00713. The largest absolute Gasteiger partial charge is 0.357 e. The van der Waals surface area contributed by atoms with Gasteiger partial charge in [0, 0.05) is 33.1 Å². The number of amides is 1. The lowest BCUT2D eigenvalue weighted by atomic mass is 9.97. The summed E-state index contributed by atoms with van der Waals surface area (Å²) in [5.74, 6) is 1.11. The van der Waals surface area contributed by atoms with Gasteiger partial charge in [-0.25, -0.2) is 4.99 Å². The molecule has 1 aromatic carbocycles. The van der Waals surface area contributed by atoms with Gasteiger partial charge in [0.1, 0.15) is 6.54 Å². The Morgan fingerprint density at radius 3 is 2.41 bits per heavy atom. The summed E-state index contributed by atoms with van der Waals surface area (Å²) in [6.07, 6.45) is 1.05. The van der Waals surface area contributed by atoms with E-state index in [1.807, 2.05) is 13.0 Å². The van der Waals surface area contributed by atoms with Gasteiger partial charge in [-0.05, 0) is 18.9 Å². The third kappa shape index (κ3) is 6.16. The van der Waals surface area contributed by atoms with Crippen LogP contribution >= 0.6 is 0 Å². The number of nitrogens with zero attached hydrogens (tertiary/aromatic N) is 2. The topological polar surface area (TPSA) is 56.7 Å². The van der Waals surface area contributed by atoms with Gasteiger partial charge in [0.15, 0.2) is 5.96 Å². The van der Waals surface area contributed by atoms with Crippen LogP contribution in [0.3, 0.4) is 0 Å². The average molecular weight is 304 g/mol. The van der Waals surface area contributed by atoms with E-state index >= 15 is 0 Å². The maximum atomic E-state index is 11.6. The Labute approximate surface area is 133 Å². The molecule has 0 bridgehead atoms. The van der Waals surface area contributed by atoms with Crippen LogP contribution in [0.15, 0.2) is 35.3 Å². The number of likely N-dealkylation sites (N-methyl/N-ethyl adjacent to an activating group) is 1. The van der Waals surface area contributed by atoms with Gasteiger partial charge in [-0.15, -0.1) is 0 Å². The highest BCUT2D eigenvalue weighted by Crippen LogP contribution is 2.17. The van der Waals surface area contributed by atoms with Crippen LogP contribution in [0.4, 0.5) is 0 Å². The maximum absolute atomic E-state index is 11.6. The van der Waals surface area contributed by atoms with Gasteiger partial charge in [-0.3, -0.25) is 4.79 Å². The lowest BCUT2D eigenvalue weighted by molar-refractivity contribution is -0.127. The molecule has 1 atom stereocenters. The fourth-order valence-corrected chi connectivity index (χ4v) is 2.07. The Hall–Kier alpha value is -2.04. The average Bonchev–Trinajstić information content (AvgIpc) is 2.53. The van der Waals surface area contributed by atoms with Crippen molar-refractivity contribution in [3.63, 3.8) is 0 Å². The van der Waals surface area contributed by atoms with Gasteiger partial charge >= 0.3 is 0 Å². The summed E-state index contributed by atoms with van der Waals surface area (Å²) < 4.78 is 0. The summed E-state index contributed by atoms with van der Waals surface area (Å²) in [4.78, 5) is 17.5. The number of nitrogens with one attached hydrogen (secondary N) is 2. The van der Waals surface area contributed by atoms with Crippen LogP contribution in [0.1, 0.15) is 31.7 Å². The number of carbonyl (C=O) groups excluding carboxylic acids is 1. The highest BCUT2D eigenvalue weighted by Gasteiger charge is 2.10. The van der Waals surface area contributed by atoms with E-state index in [2.05, 4.69) is 46.8 Å². The molecule has 5 nitrogen and oxygen atoms in total. The number of benzene rings is 1. The molecule has 0 aromatic heterocycles. The van der Waals surface area contributed by atoms with E-state index in [0.29, 0.717) is 11.9 Å². The first-order valence-electron chi connectivity index (χ1n) is 7.85. The Bertz CT molecular complexity index is 471. The molecule has 0 radical (unpaired) electrons. The van der Waals surface area contributed by atoms with Gasteiger partial charge in [0.2, 0.25) is 5.91 Å². The van der Waals surface area contributed by atoms with Gasteiger partial charge < -0.3 is 15.5 Å². The van der Waals surface area contributed by atoms with Crippen LogP contribution in [-0.4, -0.2) is 50.5 Å². The van der Waals surface area contributed by atoms with Crippen molar-refractivity contribution in [3.8, 4) is 0 Å². The number of rotatable bonds is 7. The zero-order valence-corrected chi connectivity index (χ0v) is 14.1. The second-order valence-corrected chi connectivity index (χ2v) is 5.38. The van der Waals surface area contributed by atoms with Gasteiger partial charge in [-0.2, -0.15) is 0 Å². The molecule has 0 spiro atoms. The third-order valence-electron chi connectivity index (χ3n) is 3.50. The predicted molar refractivity (Wildman–Crippen MR) is 92.1 cm³/mol. The van der Waals surface area contributed by atoms with Crippen LogP contribution in [0.5, 0.6) is 0 Å². The fraction of sp³-hybridized carbons (Fsp3) is 0.529. The SMILES string of the molecule is CCNC(=NCC(=O)N(C)C)NCC(CC)c1ccccc1. The summed E-state index contributed by atoms with van der Waals surface area (Å²) in [6, 6.07) is 10.5. The summed E-state index contributed by atoms with van der Waals surface area (Å²) in [5.41, 5.74) is 1.32. The number of aliphatic imine (C=N–C) groups is 1. The molecular formula is C17H28N4O. The molecule has 0 saturated carbocycles. The van der Waals surface area contributed by atoms with Gasteiger partial charge in [0.25, 0.3) is 0 Å². The van der Waals surface area contributed by atoms with E-state index in [9.17, 15) is 4.79 Å². The van der Waals surface area contributed by atoms with Crippen molar-refractivity contribution >= 4 is 11.9 Å². The molecule has 0 fully saturated rings. The Morgan fingerprint density at radius 2 is 1.86 bits per heavy atom. The summed E-state index contributed by atoms with van der Waals surface area (Å²) in [7, 11) is 3.47. The van der Waals surface area contributed by atoms with Crippen molar-refractivity contribution in [3.05, 3.63) is 35.9 Å². The highest BCUT2D eigenvalue weighted by atomic mass is 16.2. The van der Waals surface area contributed by atoms with Crippen molar-refractivity contribution in [1.82, 2.24) is 15.5 Å². The summed E-state index contributed by atoms with van der Waals surface area (Å²) in [5, 5.41) is 6.51. The molecule has 1 rings (SSSR count). The van der Waals surface area contributed by atoms with Crippen LogP contribution < -0.4 is 10.6 Å². The Balaban J connectivity index is 2.62. The zero-order chi connectivity index (χ0) is 16.4. The molecule has 5 heteroatoms. The lowest BCUT2D eigenvalue weighted by Gasteiger charge is -2.18. The third-order valence-corrected chi connectivity index (χ3v) is 3.50. The van der Waals surface area contributed by atoms with Crippen LogP contribution in [0.2, 0.25) is 0 Å². The maximum Gasteiger partial charge on any atom is 0.243 e. The molecule has 22 heavy (non-hydrogen) atoms. The molecule has 0 heterocycles. The number of carbonyl (C=O) groups is 1. The number of guanidine groups is 1. The van der Waals surface area contributed by atoms with Gasteiger partial charge in [-0.1, -0.05) is 37.3 Å². The minimum atomic E-state index is -0.00713. The van der Waals surface area contributed by atoms with Crippen LogP contribution in [-0.2, 0) is 4.79 Å². The summed E-state index contributed by atoms with van der Waals surface area (Å²) >= 11 is 0. The predicted octanol–water partition coefficient (Wildman–Crippen LogP) is 1.82. The Kier molecular flexibility index (Phi) is 8.04. The molecule has 0 aliphatic carbocycles. The molecule has 0 aliphatic heterocycles. The molecular weight excluding hydrogens is 276 g/mol. The first kappa shape index (κ1) is 18.0. The molecule has 2 N–H and O–H groups in total. The molecule has 1 amide bonds.